The molecule has 0 saturated heterocycles. The highest BCUT2D eigenvalue weighted by atomic mass is 16.2. The number of hydrogen-bond acceptors (Lipinski definition) is 3. The average molecular weight is 246 g/mol. The normalized spacial score (nSPS) is 10.8. The van der Waals surface area contributed by atoms with Crippen molar-refractivity contribution < 1.29 is 4.79 Å². The fraction of sp³-hybridized carbons (Fsp3) is 0.462. The van der Waals surface area contributed by atoms with E-state index in [1.165, 1.54) is 9.13 Å². The molecule has 2 aromatic rings. The molecule has 0 N–H and O–H groups in total. The largest absolute Gasteiger partial charge is 0.338 e. The third-order valence-electron chi connectivity index (χ3n) is 2.73. The van der Waals surface area contributed by atoms with Gasteiger partial charge in [0, 0.05) is 12.4 Å². The number of carbonyl (C=O) groups excluding carboxylic acids is 1. The van der Waals surface area contributed by atoms with Gasteiger partial charge < -0.3 is 0 Å². The zero-order chi connectivity index (χ0) is 13.0. The summed E-state index contributed by atoms with van der Waals surface area (Å²) in [6, 6.07) is -0.139. The Balaban J connectivity index is 2.13. The molecule has 0 radical (unpaired) electrons. The molecule has 0 bridgehead atoms. The van der Waals surface area contributed by atoms with E-state index in [1.807, 2.05) is 0 Å². The van der Waals surface area contributed by atoms with E-state index in [1.54, 1.807) is 25.0 Å². The summed E-state index contributed by atoms with van der Waals surface area (Å²) in [4.78, 5) is 20.5. The molecule has 2 aromatic heterocycles. The van der Waals surface area contributed by atoms with Gasteiger partial charge in [-0.1, -0.05) is 26.7 Å². The third kappa shape index (κ3) is 2.67. The molecule has 0 spiro atoms. The highest BCUT2D eigenvalue weighted by Gasteiger charge is 2.09. The van der Waals surface area contributed by atoms with E-state index in [0.29, 0.717) is 0 Å². The van der Waals surface area contributed by atoms with Crippen LogP contribution in [0.2, 0.25) is 0 Å². The molecule has 0 aliphatic rings. The number of imidazole rings is 2. The number of hydrogen-bond donors (Lipinski definition) is 0. The minimum Gasteiger partial charge on any atom is -0.257 e. The van der Waals surface area contributed by atoms with Gasteiger partial charge in [-0.25, -0.2) is 14.8 Å². The second-order valence-corrected chi connectivity index (χ2v) is 4.33. The zero-order valence-electron chi connectivity index (χ0n) is 10.8. The van der Waals surface area contributed by atoms with Crippen molar-refractivity contribution in [2.24, 2.45) is 0 Å². The van der Waals surface area contributed by atoms with Crippen LogP contribution in [0.25, 0.3) is 0 Å². The lowest BCUT2D eigenvalue weighted by Gasteiger charge is -1.99. The lowest BCUT2D eigenvalue weighted by Crippen LogP contribution is -2.16. The highest BCUT2D eigenvalue weighted by Crippen LogP contribution is 2.04. The van der Waals surface area contributed by atoms with Crippen molar-refractivity contribution in [1.82, 2.24) is 19.1 Å². The maximum atomic E-state index is 12.1. The van der Waals surface area contributed by atoms with Crippen molar-refractivity contribution in [3.05, 3.63) is 36.4 Å². The molecule has 96 valence electrons. The lowest BCUT2D eigenvalue weighted by atomic mass is 10.3. The van der Waals surface area contributed by atoms with E-state index in [-0.39, 0.29) is 6.03 Å². The molecule has 2 rings (SSSR count). The van der Waals surface area contributed by atoms with Gasteiger partial charge in [0.05, 0.1) is 11.4 Å². The molecule has 0 atom stereocenters. The van der Waals surface area contributed by atoms with Crippen molar-refractivity contribution >= 4 is 6.03 Å². The molecular formula is C13H18N4O. The molecule has 0 amide bonds. The van der Waals surface area contributed by atoms with Crippen LogP contribution in [0, 0.1) is 0 Å². The fourth-order valence-corrected chi connectivity index (χ4v) is 1.84. The van der Waals surface area contributed by atoms with Gasteiger partial charge in [0.2, 0.25) is 0 Å². The van der Waals surface area contributed by atoms with Crippen LogP contribution in [0.3, 0.4) is 0 Å². The van der Waals surface area contributed by atoms with Crippen LogP contribution in [-0.2, 0) is 12.8 Å². The minimum absolute atomic E-state index is 0.139. The van der Waals surface area contributed by atoms with Crippen LogP contribution in [0.5, 0.6) is 0 Å². The first-order valence-electron chi connectivity index (χ1n) is 6.35. The summed E-state index contributed by atoms with van der Waals surface area (Å²) in [5.74, 6) is 0. The third-order valence-corrected chi connectivity index (χ3v) is 2.73. The van der Waals surface area contributed by atoms with E-state index in [0.717, 1.165) is 37.1 Å². The number of carbonyl (C=O) groups is 1. The van der Waals surface area contributed by atoms with Gasteiger partial charge in [-0.15, -0.1) is 0 Å². The van der Waals surface area contributed by atoms with Gasteiger partial charge >= 0.3 is 6.03 Å². The first-order valence-corrected chi connectivity index (χ1v) is 6.35. The topological polar surface area (TPSA) is 52.7 Å². The Morgan fingerprint density at radius 2 is 1.44 bits per heavy atom. The van der Waals surface area contributed by atoms with Crippen LogP contribution in [0.15, 0.2) is 25.0 Å². The van der Waals surface area contributed by atoms with Gasteiger partial charge in [-0.05, 0) is 12.8 Å². The molecule has 2 heterocycles. The summed E-state index contributed by atoms with van der Waals surface area (Å²) in [5, 5.41) is 0. The Bertz CT molecular complexity index is 480. The second-order valence-electron chi connectivity index (χ2n) is 4.33. The van der Waals surface area contributed by atoms with Crippen LogP contribution in [0.1, 0.15) is 38.1 Å². The molecule has 0 fully saturated rings. The van der Waals surface area contributed by atoms with Crippen LogP contribution in [0.4, 0.5) is 4.79 Å². The Morgan fingerprint density at radius 1 is 1.00 bits per heavy atom. The Morgan fingerprint density at radius 3 is 1.83 bits per heavy atom. The van der Waals surface area contributed by atoms with E-state index in [9.17, 15) is 4.79 Å². The molecule has 5 heteroatoms. The van der Waals surface area contributed by atoms with Gasteiger partial charge in [-0.3, -0.25) is 9.13 Å². The molecule has 0 unspecified atom stereocenters. The maximum absolute atomic E-state index is 12.1. The molecule has 0 aromatic carbocycles. The SMILES string of the molecule is CCCc1cn(C(=O)n2cnc(CCC)c2)cn1. The molecular weight excluding hydrogens is 228 g/mol. The van der Waals surface area contributed by atoms with Crippen molar-refractivity contribution in [3.63, 3.8) is 0 Å². The predicted octanol–water partition coefficient (Wildman–Crippen LogP) is 2.50. The Labute approximate surface area is 106 Å². The quantitative estimate of drug-likeness (QED) is 0.832. The second kappa shape index (κ2) is 5.62. The van der Waals surface area contributed by atoms with Gasteiger partial charge in [0.15, 0.2) is 0 Å². The fourth-order valence-electron chi connectivity index (χ4n) is 1.84. The molecule has 0 aliphatic carbocycles. The summed E-state index contributed by atoms with van der Waals surface area (Å²) in [6.07, 6.45) is 10.5. The van der Waals surface area contributed by atoms with E-state index < -0.39 is 0 Å². The average Bonchev–Trinajstić information content (AvgIpc) is 2.98. The van der Waals surface area contributed by atoms with Crippen LogP contribution >= 0.6 is 0 Å². The van der Waals surface area contributed by atoms with Crippen molar-refractivity contribution in [1.29, 1.82) is 0 Å². The smallest absolute Gasteiger partial charge is 0.257 e. The summed E-state index contributed by atoms with van der Waals surface area (Å²) in [6.45, 7) is 4.18. The van der Waals surface area contributed by atoms with E-state index in [4.69, 9.17) is 0 Å². The molecule has 0 saturated carbocycles. The molecule has 18 heavy (non-hydrogen) atoms. The summed E-state index contributed by atoms with van der Waals surface area (Å²) in [5.41, 5.74) is 1.89. The molecule has 5 nitrogen and oxygen atoms in total. The monoisotopic (exact) mass is 246 g/mol. The summed E-state index contributed by atoms with van der Waals surface area (Å²) in [7, 11) is 0. The highest BCUT2D eigenvalue weighted by molar-refractivity contribution is 5.79. The van der Waals surface area contributed by atoms with Gasteiger partial charge in [0.1, 0.15) is 12.7 Å². The van der Waals surface area contributed by atoms with Crippen molar-refractivity contribution in [2.75, 3.05) is 0 Å². The lowest BCUT2D eigenvalue weighted by molar-refractivity contribution is 0.243. The predicted molar refractivity (Wildman–Crippen MR) is 68.6 cm³/mol. The van der Waals surface area contributed by atoms with E-state index in [2.05, 4.69) is 23.8 Å². The van der Waals surface area contributed by atoms with E-state index >= 15 is 0 Å². The first kappa shape index (κ1) is 12.5. The van der Waals surface area contributed by atoms with Gasteiger partial charge in [0.25, 0.3) is 0 Å². The summed E-state index contributed by atoms with van der Waals surface area (Å²) < 4.78 is 3.00. The standard InChI is InChI=1S/C13H18N4O/c1-3-5-11-7-16(9-14-11)13(18)17-8-12(6-4-2)15-10-17/h7-10H,3-6H2,1-2H3. The zero-order valence-corrected chi connectivity index (χ0v) is 10.8. The van der Waals surface area contributed by atoms with Crippen LogP contribution in [-0.4, -0.2) is 25.1 Å². The molecule has 0 aliphatic heterocycles. The van der Waals surface area contributed by atoms with Crippen molar-refractivity contribution in [3.8, 4) is 0 Å². The van der Waals surface area contributed by atoms with Crippen molar-refractivity contribution in [2.45, 2.75) is 39.5 Å². The number of rotatable bonds is 4. The summed E-state index contributed by atoms with van der Waals surface area (Å²) >= 11 is 0. The Kier molecular flexibility index (Phi) is 3.92. The number of aryl methyl sites for hydroxylation is 2. The minimum atomic E-state index is -0.139. The van der Waals surface area contributed by atoms with Gasteiger partial charge in [-0.2, -0.15) is 0 Å². The van der Waals surface area contributed by atoms with Crippen LogP contribution < -0.4 is 0 Å². The number of aromatic nitrogens is 4. The first-order chi connectivity index (χ1) is 8.74. The Hall–Kier alpha value is -1.91. The number of nitrogens with zero attached hydrogens (tertiary/aromatic N) is 4. The maximum Gasteiger partial charge on any atom is 0.338 e.